The van der Waals surface area contributed by atoms with Gasteiger partial charge in [-0.15, -0.1) is 0 Å². The fourth-order valence-electron chi connectivity index (χ4n) is 5.53. The number of hydrogen-bond acceptors (Lipinski definition) is 3. The van der Waals surface area contributed by atoms with Crippen molar-refractivity contribution in [3.05, 3.63) is 0 Å². The molecule has 0 aromatic carbocycles. The molecule has 2 aliphatic heterocycles. The SMILES string of the molecule is NCC1(N2CCC(N3CCCC3)C2)CCCC(C2CC2)C1. The maximum absolute atomic E-state index is 6.34. The van der Waals surface area contributed by atoms with Crippen LogP contribution in [0.2, 0.25) is 0 Å². The summed E-state index contributed by atoms with van der Waals surface area (Å²) in [6, 6.07) is 0.831. The van der Waals surface area contributed by atoms with Gasteiger partial charge in [0.2, 0.25) is 0 Å². The molecule has 4 fully saturated rings. The summed E-state index contributed by atoms with van der Waals surface area (Å²) in [7, 11) is 0. The maximum Gasteiger partial charge on any atom is 0.0335 e. The predicted molar refractivity (Wildman–Crippen MR) is 87.3 cm³/mol. The Morgan fingerprint density at radius 3 is 2.43 bits per heavy atom. The molecule has 3 unspecified atom stereocenters. The summed E-state index contributed by atoms with van der Waals surface area (Å²) >= 11 is 0. The summed E-state index contributed by atoms with van der Waals surface area (Å²) in [6.07, 6.45) is 12.9. The Hall–Kier alpha value is -0.120. The van der Waals surface area contributed by atoms with E-state index in [9.17, 15) is 0 Å². The molecule has 0 amide bonds. The number of nitrogens with zero attached hydrogens (tertiary/aromatic N) is 2. The van der Waals surface area contributed by atoms with Crippen LogP contribution in [0.15, 0.2) is 0 Å². The van der Waals surface area contributed by atoms with Crippen LogP contribution >= 0.6 is 0 Å². The lowest BCUT2D eigenvalue weighted by Crippen LogP contribution is -2.56. The normalized spacial score (nSPS) is 42.7. The zero-order valence-corrected chi connectivity index (χ0v) is 13.6. The highest BCUT2D eigenvalue weighted by atomic mass is 15.3. The largest absolute Gasteiger partial charge is 0.329 e. The van der Waals surface area contributed by atoms with Gasteiger partial charge in [-0.3, -0.25) is 9.80 Å². The summed E-state index contributed by atoms with van der Waals surface area (Å²) in [5, 5.41) is 0. The van der Waals surface area contributed by atoms with Crippen molar-refractivity contribution in [2.75, 3.05) is 32.7 Å². The van der Waals surface area contributed by atoms with Crippen molar-refractivity contribution < 1.29 is 0 Å². The van der Waals surface area contributed by atoms with Crippen molar-refractivity contribution in [2.45, 2.75) is 69.4 Å². The molecule has 4 rings (SSSR count). The monoisotopic (exact) mass is 291 g/mol. The number of rotatable bonds is 4. The van der Waals surface area contributed by atoms with Gasteiger partial charge in [0.05, 0.1) is 0 Å². The highest BCUT2D eigenvalue weighted by Gasteiger charge is 2.46. The molecule has 2 N–H and O–H groups in total. The second kappa shape index (κ2) is 5.82. The molecule has 2 heterocycles. The molecule has 120 valence electrons. The Balaban J connectivity index is 1.42. The lowest BCUT2D eigenvalue weighted by Gasteiger charge is -2.47. The van der Waals surface area contributed by atoms with E-state index in [0.29, 0.717) is 5.54 Å². The predicted octanol–water partition coefficient (Wildman–Crippen LogP) is 2.45. The van der Waals surface area contributed by atoms with Crippen molar-refractivity contribution in [3.63, 3.8) is 0 Å². The molecule has 3 atom stereocenters. The molecule has 3 heteroatoms. The Morgan fingerprint density at radius 2 is 1.71 bits per heavy atom. The fraction of sp³-hybridized carbons (Fsp3) is 1.00. The van der Waals surface area contributed by atoms with Crippen molar-refractivity contribution in [3.8, 4) is 0 Å². The van der Waals surface area contributed by atoms with Crippen molar-refractivity contribution in [1.82, 2.24) is 9.80 Å². The molecule has 2 saturated heterocycles. The third-order valence-corrected chi connectivity index (χ3v) is 7.02. The van der Waals surface area contributed by atoms with Gasteiger partial charge < -0.3 is 5.73 Å². The maximum atomic E-state index is 6.34. The van der Waals surface area contributed by atoms with Gasteiger partial charge in [-0.2, -0.15) is 0 Å². The topological polar surface area (TPSA) is 32.5 Å². The number of hydrogen-bond donors (Lipinski definition) is 1. The highest BCUT2D eigenvalue weighted by molar-refractivity contribution is 5.03. The lowest BCUT2D eigenvalue weighted by atomic mass is 9.73. The molecule has 21 heavy (non-hydrogen) atoms. The third-order valence-electron chi connectivity index (χ3n) is 7.02. The molecule has 0 aromatic heterocycles. The van der Waals surface area contributed by atoms with Gasteiger partial charge in [-0.05, 0) is 69.9 Å². The second-order valence-electron chi connectivity index (χ2n) is 8.25. The smallest absolute Gasteiger partial charge is 0.0335 e. The van der Waals surface area contributed by atoms with Crippen LogP contribution < -0.4 is 5.73 Å². The Kier molecular flexibility index (Phi) is 4.01. The zero-order valence-electron chi connectivity index (χ0n) is 13.6. The van der Waals surface area contributed by atoms with Crippen molar-refractivity contribution in [1.29, 1.82) is 0 Å². The van der Waals surface area contributed by atoms with Crippen molar-refractivity contribution >= 4 is 0 Å². The van der Waals surface area contributed by atoms with E-state index < -0.39 is 0 Å². The average Bonchev–Trinajstić information content (AvgIpc) is 3.03. The van der Waals surface area contributed by atoms with E-state index in [-0.39, 0.29) is 0 Å². The summed E-state index contributed by atoms with van der Waals surface area (Å²) in [4.78, 5) is 5.58. The summed E-state index contributed by atoms with van der Waals surface area (Å²) in [6.45, 7) is 6.19. The van der Waals surface area contributed by atoms with Crippen molar-refractivity contribution in [2.24, 2.45) is 17.6 Å². The van der Waals surface area contributed by atoms with Crippen LogP contribution in [-0.2, 0) is 0 Å². The van der Waals surface area contributed by atoms with Gasteiger partial charge in [0.15, 0.2) is 0 Å². The van der Waals surface area contributed by atoms with Crippen LogP contribution in [0.5, 0.6) is 0 Å². The Labute approximate surface area is 130 Å². The molecule has 0 radical (unpaired) electrons. The lowest BCUT2D eigenvalue weighted by molar-refractivity contribution is 0.0440. The molecular weight excluding hydrogens is 258 g/mol. The van der Waals surface area contributed by atoms with Gasteiger partial charge in [-0.25, -0.2) is 0 Å². The van der Waals surface area contributed by atoms with E-state index in [2.05, 4.69) is 9.80 Å². The molecule has 0 spiro atoms. The standard InChI is InChI=1S/C18H33N3/c19-14-18(8-3-4-16(12-18)15-5-6-15)21-11-7-17(13-21)20-9-1-2-10-20/h15-17H,1-14,19H2. The molecule has 2 saturated carbocycles. The molecular formula is C18H33N3. The summed E-state index contributed by atoms with van der Waals surface area (Å²) < 4.78 is 0. The summed E-state index contributed by atoms with van der Waals surface area (Å²) in [5.41, 5.74) is 6.71. The first-order chi connectivity index (χ1) is 10.3. The van der Waals surface area contributed by atoms with E-state index in [4.69, 9.17) is 5.73 Å². The molecule has 3 nitrogen and oxygen atoms in total. The molecule has 0 aromatic rings. The van der Waals surface area contributed by atoms with Crippen LogP contribution in [0.4, 0.5) is 0 Å². The third kappa shape index (κ3) is 2.77. The Bertz CT molecular complexity index is 361. The van der Waals surface area contributed by atoms with Gasteiger partial charge in [0.1, 0.15) is 0 Å². The summed E-state index contributed by atoms with van der Waals surface area (Å²) in [5.74, 6) is 2.06. The van der Waals surface area contributed by atoms with Gasteiger partial charge >= 0.3 is 0 Å². The Morgan fingerprint density at radius 1 is 0.905 bits per heavy atom. The second-order valence-corrected chi connectivity index (χ2v) is 8.25. The van der Waals surface area contributed by atoms with Crippen LogP contribution in [0, 0.1) is 11.8 Å². The first-order valence-corrected chi connectivity index (χ1v) is 9.50. The van der Waals surface area contributed by atoms with Crippen LogP contribution in [0.1, 0.15) is 57.8 Å². The van der Waals surface area contributed by atoms with Gasteiger partial charge in [0.25, 0.3) is 0 Å². The van der Waals surface area contributed by atoms with Gasteiger partial charge in [0, 0.05) is 31.2 Å². The minimum atomic E-state index is 0.361. The minimum absolute atomic E-state index is 0.361. The molecule has 2 aliphatic carbocycles. The first kappa shape index (κ1) is 14.5. The van der Waals surface area contributed by atoms with E-state index in [1.807, 2.05) is 0 Å². The van der Waals surface area contributed by atoms with E-state index in [1.165, 1.54) is 84.0 Å². The fourth-order valence-corrected chi connectivity index (χ4v) is 5.53. The van der Waals surface area contributed by atoms with Gasteiger partial charge in [-0.1, -0.05) is 12.8 Å². The minimum Gasteiger partial charge on any atom is -0.329 e. The highest BCUT2D eigenvalue weighted by Crippen LogP contribution is 2.48. The van der Waals surface area contributed by atoms with E-state index in [0.717, 1.165) is 24.4 Å². The molecule has 0 bridgehead atoms. The molecule has 4 aliphatic rings. The van der Waals surface area contributed by atoms with Crippen LogP contribution in [-0.4, -0.2) is 54.1 Å². The number of nitrogens with two attached hydrogens (primary N) is 1. The quantitative estimate of drug-likeness (QED) is 0.863. The number of likely N-dealkylation sites (tertiary alicyclic amines) is 2. The first-order valence-electron chi connectivity index (χ1n) is 9.50. The van der Waals surface area contributed by atoms with Crippen LogP contribution in [0.25, 0.3) is 0 Å². The average molecular weight is 291 g/mol. The van der Waals surface area contributed by atoms with Crippen LogP contribution in [0.3, 0.4) is 0 Å². The van der Waals surface area contributed by atoms with E-state index in [1.54, 1.807) is 0 Å². The van der Waals surface area contributed by atoms with E-state index >= 15 is 0 Å². The zero-order chi connectivity index (χ0) is 14.3.